The molecule has 1 aromatic carbocycles. The maximum Gasteiger partial charge on any atom is 0.416 e. The molecule has 0 bridgehead atoms. The minimum atomic E-state index is -4.33. The Morgan fingerprint density at radius 2 is 1.80 bits per heavy atom. The first-order valence-electron chi connectivity index (χ1n) is 6.86. The van der Waals surface area contributed by atoms with Gasteiger partial charge >= 0.3 is 6.18 Å². The third kappa shape index (κ3) is 3.73. The molecule has 112 valence electrons. The summed E-state index contributed by atoms with van der Waals surface area (Å²) in [4.78, 5) is 1.77. The third-order valence-electron chi connectivity index (χ3n) is 3.86. The topological polar surface area (TPSA) is 23.5 Å². The number of aliphatic hydroxyl groups is 1. The zero-order valence-corrected chi connectivity index (χ0v) is 11.6. The van der Waals surface area contributed by atoms with Crippen LogP contribution in [0.15, 0.2) is 24.3 Å². The van der Waals surface area contributed by atoms with Crippen molar-refractivity contribution in [2.75, 3.05) is 13.6 Å². The largest absolute Gasteiger partial charge is 0.416 e. The van der Waals surface area contributed by atoms with Gasteiger partial charge in [-0.25, -0.2) is 0 Å². The standard InChI is InChI=1S/C15H20F3NO/c1-19(11-14(20)8-4-5-9-14)10-12-6-2-3-7-13(12)15(16,17)18/h2-3,6-7,20H,4-5,8-11H2,1H3. The van der Waals surface area contributed by atoms with Crippen LogP contribution in [0.25, 0.3) is 0 Å². The fourth-order valence-corrected chi connectivity index (χ4v) is 2.98. The second-order valence-corrected chi connectivity index (χ2v) is 5.76. The Morgan fingerprint density at radius 1 is 1.20 bits per heavy atom. The second kappa shape index (κ2) is 5.74. The van der Waals surface area contributed by atoms with Crippen LogP contribution in [0.4, 0.5) is 13.2 Å². The molecule has 1 N–H and O–H groups in total. The van der Waals surface area contributed by atoms with Gasteiger partial charge in [-0.2, -0.15) is 13.2 Å². The van der Waals surface area contributed by atoms with Crippen molar-refractivity contribution in [1.82, 2.24) is 4.90 Å². The molecule has 2 rings (SSSR count). The van der Waals surface area contributed by atoms with E-state index in [1.165, 1.54) is 12.1 Å². The van der Waals surface area contributed by atoms with Crippen LogP contribution in [-0.4, -0.2) is 29.2 Å². The molecule has 1 saturated carbocycles. The fraction of sp³-hybridized carbons (Fsp3) is 0.600. The van der Waals surface area contributed by atoms with Gasteiger partial charge in [-0.1, -0.05) is 31.0 Å². The maximum atomic E-state index is 12.9. The minimum Gasteiger partial charge on any atom is -0.389 e. The van der Waals surface area contributed by atoms with Gasteiger partial charge in [0.2, 0.25) is 0 Å². The van der Waals surface area contributed by atoms with Crippen LogP contribution in [0.1, 0.15) is 36.8 Å². The van der Waals surface area contributed by atoms with Gasteiger partial charge in [-0.05, 0) is 31.5 Å². The molecule has 0 radical (unpaired) electrons. The number of likely N-dealkylation sites (N-methyl/N-ethyl adjacent to an activating group) is 1. The van der Waals surface area contributed by atoms with Gasteiger partial charge < -0.3 is 5.11 Å². The van der Waals surface area contributed by atoms with Crippen molar-refractivity contribution in [3.8, 4) is 0 Å². The number of benzene rings is 1. The molecule has 0 aromatic heterocycles. The number of alkyl halides is 3. The second-order valence-electron chi connectivity index (χ2n) is 5.76. The van der Waals surface area contributed by atoms with Crippen molar-refractivity contribution in [3.63, 3.8) is 0 Å². The van der Waals surface area contributed by atoms with E-state index in [2.05, 4.69) is 0 Å². The highest BCUT2D eigenvalue weighted by atomic mass is 19.4. The molecule has 5 heteroatoms. The molecule has 0 aliphatic heterocycles. The lowest BCUT2D eigenvalue weighted by molar-refractivity contribution is -0.138. The van der Waals surface area contributed by atoms with Crippen molar-refractivity contribution in [3.05, 3.63) is 35.4 Å². The van der Waals surface area contributed by atoms with E-state index in [-0.39, 0.29) is 12.1 Å². The molecule has 0 heterocycles. The summed E-state index contributed by atoms with van der Waals surface area (Å²) in [5.41, 5.74) is -1.07. The van der Waals surface area contributed by atoms with E-state index < -0.39 is 17.3 Å². The highest BCUT2D eigenvalue weighted by Gasteiger charge is 2.35. The normalized spacial score (nSPS) is 18.7. The predicted octanol–water partition coefficient (Wildman–Crippen LogP) is 3.44. The molecule has 1 aliphatic carbocycles. The van der Waals surface area contributed by atoms with Crippen molar-refractivity contribution < 1.29 is 18.3 Å². The van der Waals surface area contributed by atoms with Gasteiger partial charge in [0.25, 0.3) is 0 Å². The van der Waals surface area contributed by atoms with Gasteiger partial charge in [0, 0.05) is 13.1 Å². The third-order valence-corrected chi connectivity index (χ3v) is 3.86. The predicted molar refractivity (Wildman–Crippen MR) is 71.2 cm³/mol. The van der Waals surface area contributed by atoms with E-state index in [0.717, 1.165) is 31.7 Å². The zero-order chi connectivity index (χ0) is 14.8. The molecule has 0 unspecified atom stereocenters. The lowest BCUT2D eigenvalue weighted by Gasteiger charge is -2.29. The van der Waals surface area contributed by atoms with E-state index in [1.54, 1.807) is 18.0 Å². The van der Waals surface area contributed by atoms with Crippen molar-refractivity contribution in [1.29, 1.82) is 0 Å². The van der Waals surface area contributed by atoms with Crippen LogP contribution >= 0.6 is 0 Å². The molecule has 0 spiro atoms. The van der Waals surface area contributed by atoms with Crippen LogP contribution in [-0.2, 0) is 12.7 Å². The van der Waals surface area contributed by atoms with Crippen LogP contribution in [0.5, 0.6) is 0 Å². The number of hydrogen-bond acceptors (Lipinski definition) is 2. The summed E-state index contributed by atoms with van der Waals surface area (Å²) in [6.07, 6.45) is -0.884. The van der Waals surface area contributed by atoms with E-state index in [1.807, 2.05) is 0 Å². The van der Waals surface area contributed by atoms with Crippen LogP contribution in [0.3, 0.4) is 0 Å². The fourth-order valence-electron chi connectivity index (χ4n) is 2.98. The van der Waals surface area contributed by atoms with Crippen LogP contribution < -0.4 is 0 Å². The number of rotatable bonds is 4. The Bertz CT molecular complexity index is 453. The van der Waals surface area contributed by atoms with Gasteiger partial charge in [-0.15, -0.1) is 0 Å². The first kappa shape index (κ1) is 15.3. The van der Waals surface area contributed by atoms with Gasteiger partial charge in [-0.3, -0.25) is 4.90 Å². The first-order chi connectivity index (χ1) is 9.30. The number of nitrogens with zero attached hydrogens (tertiary/aromatic N) is 1. The molecule has 1 aliphatic rings. The molecule has 0 saturated heterocycles. The monoisotopic (exact) mass is 287 g/mol. The van der Waals surface area contributed by atoms with Crippen molar-refractivity contribution in [2.45, 2.75) is 44.0 Å². The average Bonchev–Trinajstić information content (AvgIpc) is 2.74. The molecular formula is C15H20F3NO. The maximum absolute atomic E-state index is 12.9. The SMILES string of the molecule is CN(Cc1ccccc1C(F)(F)F)CC1(O)CCCC1. The Morgan fingerprint density at radius 3 is 2.40 bits per heavy atom. The van der Waals surface area contributed by atoms with E-state index in [4.69, 9.17) is 0 Å². The van der Waals surface area contributed by atoms with Gasteiger partial charge in [0.15, 0.2) is 0 Å². The highest BCUT2D eigenvalue weighted by Crippen LogP contribution is 2.33. The molecule has 20 heavy (non-hydrogen) atoms. The molecule has 1 aromatic rings. The zero-order valence-electron chi connectivity index (χ0n) is 11.6. The first-order valence-corrected chi connectivity index (χ1v) is 6.86. The van der Waals surface area contributed by atoms with Crippen molar-refractivity contribution >= 4 is 0 Å². The van der Waals surface area contributed by atoms with Gasteiger partial charge in [0.1, 0.15) is 0 Å². The Labute approximate surface area is 117 Å². The van der Waals surface area contributed by atoms with Crippen LogP contribution in [0.2, 0.25) is 0 Å². The summed E-state index contributed by atoms with van der Waals surface area (Å²) in [7, 11) is 1.75. The lowest BCUT2D eigenvalue weighted by atomic mass is 10.0. The van der Waals surface area contributed by atoms with Crippen molar-refractivity contribution in [2.24, 2.45) is 0 Å². The number of hydrogen-bond donors (Lipinski definition) is 1. The highest BCUT2D eigenvalue weighted by molar-refractivity contribution is 5.29. The lowest BCUT2D eigenvalue weighted by Crippen LogP contribution is -2.39. The van der Waals surface area contributed by atoms with E-state index in [9.17, 15) is 18.3 Å². The molecule has 1 fully saturated rings. The van der Waals surface area contributed by atoms with E-state index >= 15 is 0 Å². The molecular weight excluding hydrogens is 267 g/mol. The van der Waals surface area contributed by atoms with Crippen LogP contribution in [0, 0.1) is 0 Å². The van der Waals surface area contributed by atoms with Gasteiger partial charge in [0.05, 0.1) is 11.2 Å². The Hall–Kier alpha value is -1.07. The summed E-state index contributed by atoms with van der Waals surface area (Å²) in [5, 5.41) is 10.3. The summed E-state index contributed by atoms with van der Waals surface area (Å²) in [6, 6.07) is 5.62. The smallest absolute Gasteiger partial charge is 0.389 e. The molecule has 0 amide bonds. The Balaban J connectivity index is 2.06. The Kier molecular flexibility index (Phi) is 4.39. The average molecular weight is 287 g/mol. The summed E-state index contributed by atoms with van der Waals surface area (Å²) in [5.74, 6) is 0. The molecule has 2 nitrogen and oxygen atoms in total. The van der Waals surface area contributed by atoms with E-state index in [0.29, 0.717) is 6.54 Å². The summed E-state index contributed by atoms with van der Waals surface area (Å²) < 4.78 is 38.7. The summed E-state index contributed by atoms with van der Waals surface area (Å²) >= 11 is 0. The molecule has 0 atom stereocenters. The minimum absolute atomic E-state index is 0.192. The summed E-state index contributed by atoms with van der Waals surface area (Å²) in [6.45, 7) is 0.608. The quantitative estimate of drug-likeness (QED) is 0.917. The number of halogens is 3.